The highest BCUT2D eigenvalue weighted by Gasteiger charge is 2.37. The van der Waals surface area contributed by atoms with Crippen molar-refractivity contribution < 1.29 is 19.1 Å². The van der Waals surface area contributed by atoms with E-state index in [4.69, 9.17) is 9.16 Å². The van der Waals surface area contributed by atoms with Gasteiger partial charge in [0.2, 0.25) is 0 Å². The Kier molecular flexibility index (Phi) is 7.25. The average molecular weight is 340 g/mol. The number of aliphatic hydroxyl groups excluding tert-OH is 1. The number of hydrogen-bond acceptors (Lipinski definition) is 4. The van der Waals surface area contributed by atoms with Crippen molar-refractivity contribution in [3.05, 3.63) is 35.9 Å². The van der Waals surface area contributed by atoms with Gasteiger partial charge in [0.05, 0.1) is 19.3 Å². The van der Waals surface area contributed by atoms with Crippen molar-refractivity contribution in [2.45, 2.75) is 51.6 Å². The third kappa shape index (κ3) is 6.72. The molecule has 1 atom stereocenters. The molecule has 5 nitrogen and oxygen atoms in total. The van der Waals surface area contributed by atoms with Gasteiger partial charge in [0.1, 0.15) is 6.61 Å². The number of ether oxygens (including phenoxy) is 1. The quantitative estimate of drug-likeness (QED) is 0.748. The molecule has 1 rings (SSSR count). The Hall–Kier alpha value is -1.37. The van der Waals surface area contributed by atoms with Crippen molar-refractivity contribution in [2.75, 3.05) is 13.2 Å². The summed E-state index contributed by atoms with van der Waals surface area (Å²) in [6.07, 6.45) is -0.549. The van der Waals surface area contributed by atoms with Gasteiger partial charge >= 0.3 is 6.09 Å². The maximum absolute atomic E-state index is 11.8. The number of hydrogen-bond donors (Lipinski definition) is 2. The summed E-state index contributed by atoms with van der Waals surface area (Å²) in [5.74, 6) is 0. The number of aliphatic hydroxyl groups is 1. The highest BCUT2D eigenvalue weighted by molar-refractivity contribution is 6.74. The molecule has 6 heteroatoms. The molecule has 0 bridgehead atoms. The second kappa shape index (κ2) is 8.47. The van der Waals surface area contributed by atoms with Crippen LogP contribution >= 0.6 is 0 Å². The fourth-order valence-corrected chi connectivity index (χ4v) is 2.65. The Morgan fingerprint density at radius 3 is 2.39 bits per heavy atom. The van der Waals surface area contributed by atoms with Crippen LogP contribution in [0.25, 0.3) is 0 Å². The molecule has 0 heterocycles. The number of rotatable bonds is 7. The van der Waals surface area contributed by atoms with E-state index in [-0.39, 0.29) is 24.9 Å². The first kappa shape index (κ1) is 19.7. The van der Waals surface area contributed by atoms with Crippen molar-refractivity contribution in [2.24, 2.45) is 0 Å². The molecule has 0 unspecified atom stereocenters. The first-order valence-corrected chi connectivity index (χ1v) is 10.8. The van der Waals surface area contributed by atoms with Gasteiger partial charge in [-0.3, -0.25) is 0 Å². The molecule has 0 aliphatic heterocycles. The summed E-state index contributed by atoms with van der Waals surface area (Å²) in [6.45, 7) is 11.0. The van der Waals surface area contributed by atoms with Gasteiger partial charge in [-0.2, -0.15) is 0 Å². The minimum Gasteiger partial charge on any atom is -0.445 e. The van der Waals surface area contributed by atoms with E-state index < -0.39 is 20.5 Å². The maximum atomic E-state index is 11.8. The standard InChI is InChI=1S/C17H29NO4Si/c1-17(2,3)23(4,5)22-13-15(11-19)18-16(20)21-12-14-9-7-6-8-10-14/h6-10,15,19H,11-13H2,1-5H3,(H,18,20)/t15-/m1/s1. The number of nitrogens with one attached hydrogen (secondary N) is 1. The molecule has 0 aliphatic carbocycles. The molecule has 1 aromatic carbocycles. The second-order valence-electron chi connectivity index (χ2n) is 7.16. The molecule has 0 saturated heterocycles. The van der Waals surface area contributed by atoms with Crippen molar-refractivity contribution in [1.29, 1.82) is 0 Å². The lowest BCUT2D eigenvalue weighted by atomic mass is 10.2. The van der Waals surface area contributed by atoms with Gasteiger partial charge in [0.25, 0.3) is 0 Å². The molecule has 0 aliphatic rings. The lowest BCUT2D eigenvalue weighted by Crippen LogP contribution is -2.47. The minimum absolute atomic E-state index is 0.0842. The van der Waals surface area contributed by atoms with Crippen LogP contribution in [-0.4, -0.2) is 38.8 Å². The Bertz CT molecular complexity index is 485. The average Bonchev–Trinajstić information content (AvgIpc) is 2.49. The van der Waals surface area contributed by atoms with Crippen LogP contribution in [0.1, 0.15) is 26.3 Å². The Balaban J connectivity index is 2.42. The summed E-state index contributed by atoms with van der Waals surface area (Å²) in [5.41, 5.74) is 0.917. The van der Waals surface area contributed by atoms with E-state index in [0.29, 0.717) is 0 Å². The molecule has 130 valence electrons. The van der Waals surface area contributed by atoms with Crippen molar-refractivity contribution in [3.8, 4) is 0 Å². The molecule has 0 saturated carbocycles. The van der Waals surface area contributed by atoms with Gasteiger partial charge in [-0.25, -0.2) is 4.79 Å². The Labute approximate surface area is 140 Å². The molecule has 0 radical (unpaired) electrons. The smallest absolute Gasteiger partial charge is 0.407 e. The zero-order valence-electron chi connectivity index (χ0n) is 14.8. The summed E-state index contributed by atoms with van der Waals surface area (Å²) >= 11 is 0. The Morgan fingerprint density at radius 1 is 1.26 bits per heavy atom. The molecule has 0 aromatic heterocycles. The summed E-state index contributed by atoms with van der Waals surface area (Å²) in [5, 5.41) is 12.2. The third-order valence-corrected chi connectivity index (χ3v) is 8.71. The first-order valence-electron chi connectivity index (χ1n) is 7.88. The molecule has 23 heavy (non-hydrogen) atoms. The largest absolute Gasteiger partial charge is 0.445 e. The molecular formula is C17H29NO4Si. The van der Waals surface area contributed by atoms with E-state index in [1.807, 2.05) is 30.3 Å². The summed E-state index contributed by atoms with van der Waals surface area (Å²) in [4.78, 5) is 11.8. The van der Waals surface area contributed by atoms with Crippen LogP contribution in [0, 0.1) is 0 Å². The van der Waals surface area contributed by atoms with Crippen LogP contribution < -0.4 is 5.32 Å². The second-order valence-corrected chi connectivity index (χ2v) is 12.0. The molecular weight excluding hydrogens is 310 g/mol. The predicted molar refractivity (Wildman–Crippen MR) is 93.8 cm³/mol. The van der Waals surface area contributed by atoms with E-state index >= 15 is 0 Å². The van der Waals surface area contributed by atoms with Gasteiger partial charge in [-0.15, -0.1) is 0 Å². The van der Waals surface area contributed by atoms with Crippen LogP contribution in [0.4, 0.5) is 4.79 Å². The van der Waals surface area contributed by atoms with Crippen LogP contribution in [-0.2, 0) is 15.8 Å². The van der Waals surface area contributed by atoms with Gasteiger partial charge in [-0.05, 0) is 23.7 Å². The van der Waals surface area contributed by atoms with Crippen LogP contribution in [0.2, 0.25) is 18.1 Å². The van der Waals surface area contributed by atoms with Gasteiger partial charge in [-0.1, -0.05) is 51.1 Å². The number of amides is 1. The number of alkyl carbamates (subject to hydrolysis) is 1. The summed E-state index contributed by atoms with van der Waals surface area (Å²) < 4.78 is 11.2. The third-order valence-electron chi connectivity index (χ3n) is 4.21. The summed E-state index contributed by atoms with van der Waals surface area (Å²) in [6, 6.07) is 8.99. The van der Waals surface area contributed by atoms with E-state index in [0.717, 1.165) is 5.56 Å². The number of carbonyl (C=O) groups excluding carboxylic acids is 1. The molecule has 1 amide bonds. The van der Waals surface area contributed by atoms with Gasteiger partial charge in [0, 0.05) is 0 Å². The molecule has 0 fully saturated rings. The number of carbonyl (C=O) groups is 1. The lowest BCUT2D eigenvalue weighted by Gasteiger charge is -2.37. The Morgan fingerprint density at radius 2 is 1.87 bits per heavy atom. The van der Waals surface area contributed by atoms with Crippen LogP contribution in [0.15, 0.2) is 30.3 Å². The maximum Gasteiger partial charge on any atom is 0.407 e. The first-order chi connectivity index (χ1) is 10.7. The van der Waals surface area contributed by atoms with E-state index in [2.05, 4.69) is 39.2 Å². The van der Waals surface area contributed by atoms with E-state index in [1.165, 1.54) is 0 Å². The van der Waals surface area contributed by atoms with Gasteiger partial charge < -0.3 is 19.6 Å². The molecule has 1 aromatic rings. The van der Waals surface area contributed by atoms with E-state index in [9.17, 15) is 9.90 Å². The van der Waals surface area contributed by atoms with Gasteiger partial charge in [0.15, 0.2) is 8.32 Å². The fraction of sp³-hybridized carbons (Fsp3) is 0.588. The van der Waals surface area contributed by atoms with Crippen molar-refractivity contribution in [1.82, 2.24) is 5.32 Å². The normalized spacial score (nSPS) is 13.5. The highest BCUT2D eigenvalue weighted by atomic mass is 28.4. The zero-order chi connectivity index (χ0) is 17.5. The highest BCUT2D eigenvalue weighted by Crippen LogP contribution is 2.36. The fourth-order valence-electron chi connectivity index (χ4n) is 1.60. The minimum atomic E-state index is -1.91. The predicted octanol–water partition coefficient (Wildman–Crippen LogP) is 3.30. The summed E-state index contributed by atoms with van der Waals surface area (Å²) in [7, 11) is -1.91. The molecule has 0 spiro atoms. The van der Waals surface area contributed by atoms with E-state index in [1.54, 1.807) is 0 Å². The number of benzene rings is 1. The monoisotopic (exact) mass is 339 g/mol. The zero-order valence-corrected chi connectivity index (χ0v) is 15.8. The van der Waals surface area contributed by atoms with Crippen molar-refractivity contribution in [3.63, 3.8) is 0 Å². The lowest BCUT2D eigenvalue weighted by molar-refractivity contribution is 0.118. The van der Waals surface area contributed by atoms with Crippen molar-refractivity contribution >= 4 is 14.4 Å². The topological polar surface area (TPSA) is 67.8 Å². The van der Waals surface area contributed by atoms with Crippen LogP contribution in [0.5, 0.6) is 0 Å². The molecule has 2 N–H and O–H groups in total. The SMILES string of the molecule is CC(C)(C)[Si](C)(C)OC[C@@H](CO)NC(=O)OCc1ccccc1. The van der Waals surface area contributed by atoms with Crippen LogP contribution in [0.3, 0.4) is 0 Å².